The maximum Gasteiger partial charge on any atom is 0.353 e. The van der Waals surface area contributed by atoms with Gasteiger partial charge in [-0.3, -0.25) is 9.59 Å². The summed E-state index contributed by atoms with van der Waals surface area (Å²) >= 11 is 3.33. The largest absolute Gasteiger partial charge is 0.477 e. The second kappa shape index (κ2) is 10.7. The van der Waals surface area contributed by atoms with Gasteiger partial charge in [0.05, 0.1) is 36.2 Å². The number of hydrogen-bond donors (Lipinski definition) is 6. The van der Waals surface area contributed by atoms with Crippen LogP contribution in [0.3, 0.4) is 0 Å². The number of fused-ring (bicyclic) bond motifs is 2. The van der Waals surface area contributed by atoms with Crippen LogP contribution in [0.1, 0.15) is 39.5 Å². The third-order valence-electron chi connectivity index (χ3n) is 8.16. The average Bonchev–Trinajstić information content (AvgIpc) is 3.58. The Bertz CT molecular complexity index is 1010. The van der Waals surface area contributed by atoms with E-state index in [4.69, 9.17) is 0 Å². The minimum Gasteiger partial charge on any atom is -0.477 e. The van der Waals surface area contributed by atoms with Crippen LogP contribution in [0.2, 0.25) is 0 Å². The van der Waals surface area contributed by atoms with Gasteiger partial charge < -0.3 is 36.4 Å². The molecule has 0 bridgehead atoms. The highest BCUT2D eigenvalue weighted by molar-refractivity contribution is 8.03. The summed E-state index contributed by atoms with van der Waals surface area (Å²) < 4.78 is 0. The molecule has 37 heavy (non-hydrogen) atoms. The lowest BCUT2D eigenvalue weighted by Crippen LogP contribution is -2.63. The van der Waals surface area contributed by atoms with Gasteiger partial charge in [0.2, 0.25) is 11.8 Å². The smallest absolute Gasteiger partial charge is 0.353 e. The molecule has 6 N–H and O–H groups in total. The number of aliphatic carboxylic acids is 1. The number of nitrogens with zero attached hydrogens (tertiary/aromatic N) is 1. The molecule has 9 atom stereocenters. The number of carbonyl (C=O) groups excluding carboxylic acids is 3. The molecule has 5 aliphatic rings. The highest BCUT2D eigenvalue weighted by Gasteiger charge is 2.60. The molecule has 0 unspecified atom stereocenters. The number of carbonyl (C=O) groups is 4. The summed E-state index contributed by atoms with van der Waals surface area (Å²) in [6.45, 7) is 4.64. The molecular weight excluding hydrogens is 518 g/mol. The summed E-state index contributed by atoms with van der Waals surface area (Å²) in [7, 11) is 0. The Morgan fingerprint density at radius 2 is 2.05 bits per heavy atom. The van der Waals surface area contributed by atoms with Gasteiger partial charge in [-0.1, -0.05) is 13.3 Å². The van der Waals surface area contributed by atoms with Crippen molar-refractivity contribution >= 4 is 47.3 Å². The van der Waals surface area contributed by atoms with E-state index in [1.165, 1.54) is 16.7 Å². The van der Waals surface area contributed by atoms with Gasteiger partial charge in [-0.2, -0.15) is 11.8 Å². The standard InChI is InChI=1S/C24H35N5O6S2/c1-10-18-16(11(2)30)22(32)29(18)19(23(33)34)20(10)37-12-7-13(26-8-12)21(31)25-6-4-3-5-15-17-14(9-36-15)27-24(35)28-17/h10-18,26,30H,3-9H2,1-2H3,(H,25,31)(H,33,34)(H2,27,28,35)/t10-,11-,12+,13+,14+,15+,16-,17+,18-/m1/s1. The predicted octanol–water partition coefficient (Wildman–Crippen LogP) is 0.0557. The summed E-state index contributed by atoms with van der Waals surface area (Å²) in [6.07, 6.45) is 2.59. The normalized spacial score (nSPS) is 37.1. The fourth-order valence-corrected chi connectivity index (χ4v) is 9.32. The number of unbranched alkanes of at least 4 members (excludes halogenated alkanes) is 1. The number of aliphatic hydroxyl groups excluding tert-OH is 1. The molecule has 0 radical (unpaired) electrons. The zero-order valence-corrected chi connectivity index (χ0v) is 22.6. The molecule has 4 fully saturated rings. The van der Waals surface area contributed by atoms with E-state index in [0.717, 1.165) is 25.0 Å². The van der Waals surface area contributed by atoms with Gasteiger partial charge in [-0.05, 0) is 26.2 Å². The summed E-state index contributed by atoms with van der Waals surface area (Å²) in [6, 6.07) is -0.314. The minimum absolute atomic E-state index is 0.0175. The third-order valence-corrected chi connectivity index (χ3v) is 11.2. The van der Waals surface area contributed by atoms with E-state index >= 15 is 0 Å². The number of hydrogen-bond acceptors (Lipinski definition) is 8. The first-order valence-electron chi connectivity index (χ1n) is 13.0. The highest BCUT2D eigenvalue weighted by Crippen LogP contribution is 2.51. The van der Waals surface area contributed by atoms with Crippen LogP contribution in [0.4, 0.5) is 4.79 Å². The molecule has 11 nitrogen and oxygen atoms in total. The van der Waals surface area contributed by atoms with Crippen molar-refractivity contribution in [3.05, 3.63) is 10.6 Å². The summed E-state index contributed by atoms with van der Waals surface area (Å²) in [5, 5.41) is 32.5. The van der Waals surface area contributed by atoms with Crippen LogP contribution >= 0.6 is 23.5 Å². The van der Waals surface area contributed by atoms with Crippen molar-refractivity contribution < 1.29 is 29.4 Å². The number of carboxylic acids is 1. The molecule has 204 valence electrons. The zero-order valence-electron chi connectivity index (χ0n) is 20.9. The third kappa shape index (κ3) is 4.95. The van der Waals surface area contributed by atoms with Gasteiger partial charge in [0.1, 0.15) is 5.70 Å². The number of nitrogens with one attached hydrogen (secondary N) is 4. The van der Waals surface area contributed by atoms with Gasteiger partial charge in [0.25, 0.3) is 0 Å². The number of rotatable bonds is 10. The van der Waals surface area contributed by atoms with Crippen molar-refractivity contribution in [2.24, 2.45) is 11.8 Å². The maximum atomic E-state index is 12.7. The quantitative estimate of drug-likeness (QED) is 0.125. The lowest BCUT2D eigenvalue weighted by molar-refractivity contribution is -0.163. The van der Waals surface area contributed by atoms with Crippen LogP contribution in [-0.2, 0) is 14.4 Å². The summed E-state index contributed by atoms with van der Waals surface area (Å²) in [5.41, 5.74) is 0.0250. The monoisotopic (exact) mass is 553 g/mol. The lowest BCUT2D eigenvalue weighted by Gasteiger charge is -2.46. The molecule has 5 heterocycles. The first-order chi connectivity index (χ1) is 17.7. The van der Waals surface area contributed by atoms with E-state index in [1.54, 1.807) is 6.92 Å². The summed E-state index contributed by atoms with van der Waals surface area (Å²) in [4.78, 5) is 50.7. The zero-order chi connectivity index (χ0) is 26.4. The van der Waals surface area contributed by atoms with Gasteiger partial charge in [-0.15, -0.1) is 11.8 Å². The van der Waals surface area contributed by atoms with Crippen LogP contribution in [0.5, 0.6) is 0 Å². The van der Waals surface area contributed by atoms with E-state index in [2.05, 4.69) is 21.3 Å². The minimum atomic E-state index is -1.13. The van der Waals surface area contributed by atoms with Crippen LogP contribution in [0.25, 0.3) is 0 Å². The first-order valence-corrected chi connectivity index (χ1v) is 14.9. The maximum absolute atomic E-state index is 12.7. The van der Waals surface area contributed by atoms with Crippen molar-refractivity contribution in [3.63, 3.8) is 0 Å². The first kappa shape index (κ1) is 26.6. The van der Waals surface area contributed by atoms with Crippen LogP contribution in [0, 0.1) is 11.8 Å². The topological polar surface area (TPSA) is 160 Å². The Labute approximate surface area is 224 Å². The van der Waals surface area contributed by atoms with Crippen LogP contribution in [-0.4, -0.2) is 98.5 Å². The second-order valence-corrected chi connectivity index (χ2v) is 13.2. The van der Waals surface area contributed by atoms with Gasteiger partial charge >= 0.3 is 12.0 Å². The number of β-lactam (4-membered cyclic amide) rings is 1. The van der Waals surface area contributed by atoms with Crippen molar-refractivity contribution in [2.45, 2.75) is 80.3 Å². The average molecular weight is 554 g/mol. The molecule has 4 amide bonds. The Hall–Kier alpha value is -1.96. The van der Waals surface area contributed by atoms with Gasteiger partial charge in [0.15, 0.2) is 0 Å². The van der Waals surface area contributed by atoms with Crippen LogP contribution in [0.15, 0.2) is 10.6 Å². The van der Waals surface area contributed by atoms with Crippen molar-refractivity contribution in [1.82, 2.24) is 26.2 Å². The SMILES string of the molecule is C[C@@H](O)[C@H]1C(=O)N2C(C(=O)O)=C(S[C@@H]3CN[C@H](C(=O)NCCCC[C@@H]4SC[C@@H]5NC(=O)N[C@@H]54)C3)[C@H](C)[C@H]12. The molecule has 0 saturated carbocycles. The van der Waals surface area contributed by atoms with E-state index in [0.29, 0.717) is 29.7 Å². The molecule has 5 rings (SSSR count). The predicted molar refractivity (Wildman–Crippen MR) is 140 cm³/mol. The number of aliphatic hydroxyl groups is 1. The second-order valence-electron chi connectivity index (χ2n) is 10.6. The fourth-order valence-electron chi connectivity index (χ4n) is 6.30. The van der Waals surface area contributed by atoms with Crippen molar-refractivity contribution in [2.75, 3.05) is 18.8 Å². The molecule has 0 aliphatic carbocycles. The molecule has 4 saturated heterocycles. The number of carboxylic acid groups (broad SMARTS) is 1. The number of urea groups is 1. The molecular formula is C24H35N5O6S2. The van der Waals surface area contributed by atoms with Crippen LogP contribution < -0.4 is 21.3 Å². The Balaban J connectivity index is 1.06. The van der Waals surface area contributed by atoms with Crippen molar-refractivity contribution in [3.8, 4) is 0 Å². The Morgan fingerprint density at radius 1 is 1.27 bits per heavy atom. The fraction of sp³-hybridized carbons (Fsp3) is 0.750. The molecule has 0 spiro atoms. The molecule has 5 aliphatic heterocycles. The van der Waals surface area contributed by atoms with E-state index in [9.17, 15) is 29.4 Å². The summed E-state index contributed by atoms with van der Waals surface area (Å²) in [5.74, 6) is -1.33. The molecule has 0 aromatic carbocycles. The Morgan fingerprint density at radius 3 is 2.78 bits per heavy atom. The number of amides is 4. The molecule has 0 aromatic heterocycles. The van der Waals surface area contributed by atoms with Gasteiger partial charge in [-0.25, -0.2) is 9.59 Å². The highest BCUT2D eigenvalue weighted by atomic mass is 32.2. The van der Waals surface area contributed by atoms with Crippen molar-refractivity contribution in [1.29, 1.82) is 0 Å². The molecule has 0 aromatic rings. The van der Waals surface area contributed by atoms with E-state index < -0.39 is 18.0 Å². The Kier molecular flexibility index (Phi) is 7.68. The molecule has 13 heteroatoms. The van der Waals surface area contributed by atoms with Gasteiger partial charge in [0, 0.05) is 40.2 Å². The van der Waals surface area contributed by atoms with E-state index in [-0.39, 0.29) is 58.9 Å². The number of thioether (sulfide) groups is 2. The van der Waals surface area contributed by atoms with E-state index in [1.807, 2.05) is 18.7 Å². The lowest BCUT2D eigenvalue weighted by atomic mass is 9.79.